The third-order valence-corrected chi connectivity index (χ3v) is 4.78. The number of carbonyl (C=O) groups excluding carboxylic acids is 2. The Morgan fingerprint density at radius 3 is 2.81 bits per heavy atom. The van der Waals surface area contributed by atoms with Crippen molar-refractivity contribution < 1.29 is 19.1 Å². The van der Waals surface area contributed by atoms with Crippen LogP contribution in [-0.2, 0) is 20.7 Å². The molecule has 7 nitrogen and oxygen atoms in total. The second kappa shape index (κ2) is 8.90. The van der Waals surface area contributed by atoms with Crippen molar-refractivity contribution in [3.05, 3.63) is 41.0 Å². The zero-order chi connectivity index (χ0) is 19.2. The van der Waals surface area contributed by atoms with Crippen LogP contribution in [0, 0.1) is 0 Å². The smallest absolute Gasteiger partial charge is 0.310 e. The quantitative estimate of drug-likeness (QED) is 0.731. The Balaban J connectivity index is 1.52. The van der Waals surface area contributed by atoms with Crippen LogP contribution in [0.5, 0.6) is 5.75 Å². The highest BCUT2D eigenvalue weighted by atomic mass is 35.5. The van der Waals surface area contributed by atoms with Gasteiger partial charge in [0.2, 0.25) is 0 Å². The fourth-order valence-corrected chi connectivity index (χ4v) is 3.46. The van der Waals surface area contributed by atoms with Crippen molar-refractivity contribution in [1.29, 1.82) is 0 Å². The summed E-state index contributed by atoms with van der Waals surface area (Å²) >= 11 is 5.95. The molecule has 2 aromatic rings. The molecule has 1 aromatic heterocycles. The van der Waals surface area contributed by atoms with Crippen molar-refractivity contribution in [2.75, 3.05) is 19.0 Å². The van der Waals surface area contributed by atoms with E-state index in [1.165, 1.54) is 20.0 Å². The topological polar surface area (TPSA) is 82.4 Å². The maximum absolute atomic E-state index is 12.1. The van der Waals surface area contributed by atoms with E-state index in [2.05, 4.69) is 10.4 Å². The molecule has 0 spiro atoms. The number of aromatic nitrogens is 2. The third kappa shape index (κ3) is 5.01. The number of benzene rings is 1. The van der Waals surface area contributed by atoms with Crippen LogP contribution in [0.2, 0.25) is 5.02 Å². The van der Waals surface area contributed by atoms with Crippen LogP contribution in [0.15, 0.2) is 30.5 Å². The Bertz CT molecular complexity index is 815. The zero-order valence-electron chi connectivity index (χ0n) is 15.1. The van der Waals surface area contributed by atoms with Gasteiger partial charge < -0.3 is 14.8 Å². The van der Waals surface area contributed by atoms with E-state index < -0.39 is 11.9 Å². The number of nitrogens with one attached hydrogen (secondary N) is 1. The summed E-state index contributed by atoms with van der Waals surface area (Å²) in [6.07, 6.45) is 6.08. The van der Waals surface area contributed by atoms with E-state index in [4.69, 9.17) is 21.1 Å². The SMILES string of the molecule is COc1ccc(Cl)cc1CC(=O)OCC(=O)Nc1ccnn1C1CCCC1. The number of hydrogen-bond acceptors (Lipinski definition) is 5. The molecular formula is C19H22ClN3O4. The lowest BCUT2D eigenvalue weighted by atomic mass is 10.1. The van der Waals surface area contributed by atoms with Crippen LogP contribution in [-0.4, -0.2) is 35.4 Å². The fraction of sp³-hybridized carbons (Fsp3) is 0.421. The van der Waals surface area contributed by atoms with Crippen LogP contribution in [0.4, 0.5) is 5.82 Å². The second-order valence-electron chi connectivity index (χ2n) is 6.44. The molecule has 0 radical (unpaired) electrons. The maximum atomic E-state index is 12.1. The highest BCUT2D eigenvalue weighted by Crippen LogP contribution is 2.31. The van der Waals surface area contributed by atoms with E-state index in [-0.39, 0.29) is 13.0 Å². The Hall–Kier alpha value is -2.54. The highest BCUT2D eigenvalue weighted by molar-refractivity contribution is 6.30. The van der Waals surface area contributed by atoms with Crippen LogP contribution >= 0.6 is 11.6 Å². The number of nitrogens with zero attached hydrogens (tertiary/aromatic N) is 2. The van der Waals surface area contributed by atoms with Crippen LogP contribution in [0.1, 0.15) is 37.3 Å². The molecule has 1 saturated carbocycles. The molecule has 8 heteroatoms. The van der Waals surface area contributed by atoms with Gasteiger partial charge in [-0.05, 0) is 31.0 Å². The predicted molar refractivity (Wildman–Crippen MR) is 101 cm³/mol. The van der Waals surface area contributed by atoms with Crippen molar-refractivity contribution in [2.24, 2.45) is 0 Å². The van der Waals surface area contributed by atoms with Gasteiger partial charge in [-0.25, -0.2) is 4.68 Å². The lowest BCUT2D eigenvalue weighted by Crippen LogP contribution is -2.24. The molecule has 3 rings (SSSR count). The summed E-state index contributed by atoms with van der Waals surface area (Å²) < 4.78 is 12.1. The first kappa shape index (κ1) is 19.2. The first-order valence-electron chi connectivity index (χ1n) is 8.88. The summed E-state index contributed by atoms with van der Waals surface area (Å²) in [5.41, 5.74) is 0.606. The molecule has 0 atom stereocenters. The van der Waals surface area contributed by atoms with Crippen molar-refractivity contribution in [3.63, 3.8) is 0 Å². The number of methoxy groups -OCH3 is 1. The minimum atomic E-state index is -0.532. The van der Waals surface area contributed by atoms with Gasteiger partial charge in [0, 0.05) is 16.7 Å². The average molecular weight is 392 g/mol. The summed E-state index contributed by atoms with van der Waals surface area (Å²) in [5, 5.41) is 7.55. The molecule has 1 aromatic carbocycles. The minimum Gasteiger partial charge on any atom is -0.496 e. The lowest BCUT2D eigenvalue weighted by Gasteiger charge is -2.14. The second-order valence-corrected chi connectivity index (χ2v) is 6.88. The molecular weight excluding hydrogens is 370 g/mol. The van der Waals surface area contributed by atoms with E-state index in [0.29, 0.717) is 28.2 Å². The third-order valence-electron chi connectivity index (χ3n) is 4.55. The lowest BCUT2D eigenvalue weighted by molar-refractivity contribution is -0.146. The van der Waals surface area contributed by atoms with Crippen LogP contribution < -0.4 is 10.1 Å². The van der Waals surface area contributed by atoms with Crippen LogP contribution in [0.3, 0.4) is 0 Å². The molecule has 1 aliphatic rings. The molecule has 1 heterocycles. The molecule has 0 bridgehead atoms. The summed E-state index contributed by atoms with van der Waals surface area (Å²) in [6.45, 7) is -0.364. The Morgan fingerprint density at radius 1 is 1.30 bits per heavy atom. The number of anilines is 1. The first-order chi connectivity index (χ1) is 13.1. The summed E-state index contributed by atoms with van der Waals surface area (Å²) in [6, 6.07) is 7.06. The van der Waals surface area contributed by atoms with Crippen molar-refractivity contribution in [1.82, 2.24) is 9.78 Å². The van der Waals surface area contributed by atoms with Gasteiger partial charge in [-0.1, -0.05) is 24.4 Å². The average Bonchev–Trinajstić information content (AvgIpc) is 3.31. The first-order valence-corrected chi connectivity index (χ1v) is 9.26. The molecule has 144 valence electrons. The van der Waals surface area contributed by atoms with Crippen molar-refractivity contribution in [2.45, 2.75) is 38.1 Å². The van der Waals surface area contributed by atoms with Gasteiger partial charge in [0.15, 0.2) is 6.61 Å². The normalized spacial score (nSPS) is 14.1. The Kier molecular flexibility index (Phi) is 6.34. The number of amides is 1. The molecule has 1 N–H and O–H groups in total. The minimum absolute atomic E-state index is 0.0307. The number of ether oxygens (including phenoxy) is 2. The van der Waals surface area contributed by atoms with E-state index >= 15 is 0 Å². The van der Waals surface area contributed by atoms with E-state index in [9.17, 15) is 9.59 Å². The fourth-order valence-electron chi connectivity index (χ4n) is 3.27. The number of halogens is 1. The molecule has 1 amide bonds. The monoisotopic (exact) mass is 391 g/mol. The Labute approximate surface area is 162 Å². The summed E-state index contributed by atoms with van der Waals surface area (Å²) in [4.78, 5) is 24.2. The van der Waals surface area contributed by atoms with Gasteiger partial charge in [-0.3, -0.25) is 9.59 Å². The molecule has 0 aliphatic heterocycles. The van der Waals surface area contributed by atoms with E-state index in [1.807, 2.05) is 4.68 Å². The zero-order valence-corrected chi connectivity index (χ0v) is 15.9. The van der Waals surface area contributed by atoms with E-state index in [1.54, 1.807) is 30.5 Å². The summed E-state index contributed by atoms with van der Waals surface area (Å²) in [5.74, 6) is 0.233. The summed E-state index contributed by atoms with van der Waals surface area (Å²) in [7, 11) is 1.51. The van der Waals surface area contributed by atoms with Crippen molar-refractivity contribution >= 4 is 29.3 Å². The van der Waals surface area contributed by atoms with Gasteiger partial charge in [0.25, 0.3) is 5.91 Å². The number of rotatable bonds is 7. The largest absolute Gasteiger partial charge is 0.496 e. The maximum Gasteiger partial charge on any atom is 0.310 e. The van der Waals surface area contributed by atoms with Crippen LogP contribution in [0.25, 0.3) is 0 Å². The highest BCUT2D eigenvalue weighted by Gasteiger charge is 2.21. The molecule has 1 aliphatic carbocycles. The van der Waals surface area contributed by atoms with Gasteiger partial charge in [-0.2, -0.15) is 5.10 Å². The number of carbonyl (C=O) groups is 2. The predicted octanol–water partition coefficient (Wildman–Crippen LogP) is 3.38. The molecule has 1 fully saturated rings. The molecule has 0 saturated heterocycles. The van der Waals surface area contributed by atoms with Gasteiger partial charge in [0.1, 0.15) is 11.6 Å². The van der Waals surface area contributed by atoms with Gasteiger partial charge in [0.05, 0.1) is 25.8 Å². The Morgan fingerprint density at radius 2 is 2.07 bits per heavy atom. The number of esters is 1. The number of hydrogen-bond donors (Lipinski definition) is 1. The van der Waals surface area contributed by atoms with Gasteiger partial charge >= 0.3 is 5.97 Å². The molecule has 27 heavy (non-hydrogen) atoms. The van der Waals surface area contributed by atoms with Gasteiger partial charge in [-0.15, -0.1) is 0 Å². The van der Waals surface area contributed by atoms with E-state index in [0.717, 1.165) is 12.8 Å². The molecule has 0 unspecified atom stereocenters. The standard InChI is InChI=1S/C19H22ClN3O4/c1-26-16-7-6-14(20)10-13(16)11-19(25)27-12-18(24)22-17-8-9-21-23(17)15-4-2-3-5-15/h6-10,15H,2-5,11-12H2,1H3,(H,22,24). The van der Waals surface area contributed by atoms with Crippen molar-refractivity contribution in [3.8, 4) is 5.75 Å².